The van der Waals surface area contributed by atoms with Gasteiger partial charge in [0, 0.05) is 18.0 Å². The van der Waals surface area contributed by atoms with Crippen LogP contribution in [0, 0.1) is 0 Å². The molecule has 0 aliphatic rings. The number of carbonyl (C=O) groups is 1. The molecule has 0 aliphatic carbocycles. The Morgan fingerprint density at radius 1 is 1.08 bits per heavy atom. The molecule has 5 heteroatoms. The van der Waals surface area contributed by atoms with Gasteiger partial charge >= 0.3 is 0 Å². The lowest BCUT2D eigenvalue weighted by Gasteiger charge is -2.18. The Hall–Kier alpha value is -2.95. The number of nitrogens with one attached hydrogen (secondary N) is 2. The van der Waals surface area contributed by atoms with Gasteiger partial charge in [-0.25, -0.2) is 4.98 Å². The van der Waals surface area contributed by atoms with Crippen LogP contribution in [0.1, 0.15) is 42.7 Å². The van der Waals surface area contributed by atoms with E-state index in [1.54, 1.807) is 24.7 Å². The normalized spacial score (nSPS) is 13.2. The van der Waals surface area contributed by atoms with E-state index >= 15 is 0 Å². The van der Waals surface area contributed by atoms with Crippen molar-refractivity contribution in [2.75, 3.05) is 5.32 Å². The molecule has 128 valence electrons. The van der Waals surface area contributed by atoms with Gasteiger partial charge in [0.25, 0.3) is 0 Å². The summed E-state index contributed by atoms with van der Waals surface area (Å²) in [7, 11) is 0. The summed E-state index contributed by atoms with van der Waals surface area (Å²) in [5.74, 6) is 0.641. The van der Waals surface area contributed by atoms with Crippen molar-refractivity contribution >= 4 is 11.7 Å². The predicted molar refractivity (Wildman–Crippen MR) is 98.3 cm³/mol. The Labute approximate surface area is 147 Å². The van der Waals surface area contributed by atoms with E-state index < -0.39 is 0 Å². The molecule has 0 spiro atoms. The van der Waals surface area contributed by atoms with Gasteiger partial charge in [-0.2, -0.15) is 5.10 Å². The van der Waals surface area contributed by atoms with Gasteiger partial charge < -0.3 is 5.32 Å². The second-order valence-corrected chi connectivity index (χ2v) is 6.18. The average molecular weight is 334 g/mol. The van der Waals surface area contributed by atoms with E-state index in [1.807, 2.05) is 30.3 Å². The standard InChI is InChI=1S/C20H22N4O/c1-15(16-7-3-2-4-8-16)10-11-18(17-13-22-23-14-17)20(25)24-19-9-5-6-12-21-19/h2-9,12-15,18H,10-11H2,1H3,(H,22,23)(H,21,24,25)/t15?,18-/m1/s1. The van der Waals surface area contributed by atoms with Crippen LogP contribution in [0.25, 0.3) is 0 Å². The highest BCUT2D eigenvalue weighted by Crippen LogP contribution is 2.28. The SMILES string of the molecule is CC(CC[C@@H](C(=O)Nc1ccccn1)c1cn[nH]c1)c1ccccc1. The zero-order chi connectivity index (χ0) is 17.5. The number of benzene rings is 1. The third kappa shape index (κ3) is 4.53. The summed E-state index contributed by atoms with van der Waals surface area (Å²) in [6.07, 6.45) is 6.83. The highest BCUT2D eigenvalue weighted by molar-refractivity contribution is 5.95. The maximum Gasteiger partial charge on any atom is 0.233 e. The second-order valence-electron chi connectivity index (χ2n) is 6.18. The van der Waals surface area contributed by atoms with Gasteiger partial charge in [-0.1, -0.05) is 43.3 Å². The van der Waals surface area contributed by atoms with E-state index in [1.165, 1.54) is 5.56 Å². The van der Waals surface area contributed by atoms with Crippen molar-refractivity contribution in [3.63, 3.8) is 0 Å². The monoisotopic (exact) mass is 334 g/mol. The first-order valence-corrected chi connectivity index (χ1v) is 8.49. The molecule has 0 bridgehead atoms. The van der Waals surface area contributed by atoms with Gasteiger partial charge in [0.2, 0.25) is 5.91 Å². The summed E-state index contributed by atoms with van der Waals surface area (Å²) in [6, 6.07) is 15.8. The minimum atomic E-state index is -0.257. The van der Waals surface area contributed by atoms with Crippen molar-refractivity contribution in [2.24, 2.45) is 0 Å². The predicted octanol–water partition coefficient (Wildman–Crippen LogP) is 4.11. The van der Waals surface area contributed by atoms with E-state index in [2.05, 4.69) is 39.6 Å². The Morgan fingerprint density at radius 3 is 2.56 bits per heavy atom. The number of pyridine rings is 1. The summed E-state index contributed by atoms with van der Waals surface area (Å²) in [5.41, 5.74) is 2.19. The molecule has 2 heterocycles. The Balaban J connectivity index is 1.69. The second kappa shape index (κ2) is 8.24. The smallest absolute Gasteiger partial charge is 0.233 e. The van der Waals surface area contributed by atoms with Crippen molar-refractivity contribution in [1.82, 2.24) is 15.2 Å². The van der Waals surface area contributed by atoms with Crippen LogP contribution in [-0.4, -0.2) is 21.1 Å². The molecule has 5 nitrogen and oxygen atoms in total. The van der Waals surface area contributed by atoms with E-state index in [-0.39, 0.29) is 11.8 Å². The molecule has 2 N–H and O–H groups in total. The summed E-state index contributed by atoms with van der Waals surface area (Å²) in [4.78, 5) is 16.9. The van der Waals surface area contributed by atoms with Crippen molar-refractivity contribution in [1.29, 1.82) is 0 Å². The zero-order valence-electron chi connectivity index (χ0n) is 14.2. The third-order valence-electron chi connectivity index (χ3n) is 4.41. The van der Waals surface area contributed by atoms with E-state index in [0.717, 1.165) is 18.4 Å². The lowest BCUT2D eigenvalue weighted by molar-refractivity contribution is -0.117. The van der Waals surface area contributed by atoms with Crippen LogP contribution in [0.5, 0.6) is 0 Å². The molecule has 2 aromatic heterocycles. The maximum atomic E-state index is 12.8. The molecule has 0 fully saturated rings. The number of H-pyrrole nitrogens is 1. The number of anilines is 1. The summed E-state index contributed by atoms with van der Waals surface area (Å²) in [6.45, 7) is 2.19. The van der Waals surface area contributed by atoms with Crippen LogP contribution >= 0.6 is 0 Å². The lowest BCUT2D eigenvalue weighted by Crippen LogP contribution is -2.22. The van der Waals surface area contributed by atoms with Crippen molar-refractivity contribution < 1.29 is 4.79 Å². The molecule has 2 atom stereocenters. The van der Waals surface area contributed by atoms with Crippen LogP contribution in [-0.2, 0) is 4.79 Å². The number of amides is 1. The van der Waals surface area contributed by atoms with Gasteiger partial charge in [-0.05, 0) is 36.5 Å². The van der Waals surface area contributed by atoms with Crippen LogP contribution in [0.15, 0.2) is 67.1 Å². The number of aromatic amines is 1. The fourth-order valence-corrected chi connectivity index (χ4v) is 2.92. The Bertz CT molecular complexity index is 772. The fraction of sp³-hybridized carbons (Fsp3) is 0.250. The largest absolute Gasteiger partial charge is 0.310 e. The van der Waals surface area contributed by atoms with Crippen molar-refractivity contribution in [3.8, 4) is 0 Å². The molecule has 0 radical (unpaired) electrons. The first-order chi connectivity index (χ1) is 12.2. The molecule has 3 rings (SSSR count). The van der Waals surface area contributed by atoms with Gasteiger partial charge in [0.15, 0.2) is 0 Å². The van der Waals surface area contributed by atoms with Crippen LogP contribution < -0.4 is 5.32 Å². The molecular formula is C20H22N4O. The highest BCUT2D eigenvalue weighted by atomic mass is 16.1. The molecule has 1 amide bonds. The van der Waals surface area contributed by atoms with Gasteiger partial charge in [0.1, 0.15) is 5.82 Å². The number of rotatable bonds is 7. The van der Waals surface area contributed by atoms with E-state index in [0.29, 0.717) is 11.7 Å². The van der Waals surface area contributed by atoms with Crippen LogP contribution in [0.4, 0.5) is 5.82 Å². The first-order valence-electron chi connectivity index (χ1n) is 8.49. The van der Waals surface area contributed by atoms with Gasteiger partial charge in [0.05, 0.1) is 12.1 Å². The third-order valence-corrected chi connectivity index (χ3v) is 4.41. The van der Waals surface area contributed by atoms with Crippen LogP contribution in [0.2, 0.25) is 0 Å². The zero-order valence-corrected chi connectivity index (χ0v) is 14.2. The topological polar surface area (TPSA) is 70.7 Å². The molecule has 0 saturated carbocycles. The molecular weight excluding hydrogens is 312 g/mol. The minimum absolute atomic E-state index is 0.0552. The molecule has 1 aromatic carbocycles. The molecule has 25 heavy (non-hydrogen) atoms. The van der Waals surface area contributed by atoms with Crippen LogP contribution in [0.3, 0.4) is 0 Å². The van der Waals surface area contributed by atoms with Crippen molar-refractivity contribution in [2.45, 2.75) is 31.6 Å². The Kier molecular flexibility index (Phi) is 5.57. The molecule has 0 saturated heterocycles. The lowest BCUT2D eigenvalue weighted by atomic mass is 9.89. The maximum absolute atomic E-state index is 12.8. The number of hydrogen-bond acceptors (Lipinski definition) is 3. The molecule has 0 aliphatic heterocycles. The molecule has 3 aromatic rings. The number of nitrogens with zero attached hydrogens (tertiary/aromatic N) is 2. The minimum Gasteiger partial charge on any atom is -0.310 e. The number of aromatic nitrogens is 3. The summed E-state index contributed by atoms with van der Waals surface area (Å²) < 4.78 is 0. The molecule has 1 unspecified atom stereocenters. The van der Waals surface area contributed by atoms with Gasteiger partial charge in [-0.3, -0.25) is 9.89 Å². The van der Waals surface area contributed by atoms with Crippen molar-refractivity contribution in [3.05, 3.63) is 78.2 Å². The summed E-state index contributed by atoms with van der Waals surface area (Å²) >= 11 is 0. The number of carbonyl (C=O) groups excluding carboxylic acids is 1. The fourth-order valence-electron chi connectivity index (χ4n) is 2.92. The van der Waals surface area contributed by atoms with E-state index in [9.17, 15) is 4.79 Å². The van der Waals surface area contributed by atoms with E-state index in [4.69, 9.17) is 0 Å². The number of hydrogen-bond donors (Lipinski definition) is 2. The first kappa shape index (κ1) is 16.9. The summed E-state index contributed by atoms with van der Waals surface area (Å²) in [5, 5.41) is 9.70. The Morgan fingerprint density at radius 2 is 1.88 bits per heavy atom. The average Bonchev–Trinajstić information content (AvgIpc) is 3.17. The highest BCUT2D eigenvalue weighted by Gasteiger charge is 2.23. The van der Waals surface area contributed by atoms with Gasteiger partial charge in [-0.15, -0.1) is 0 Å². The quantitative estimate of drug-likeness (QED) is 0.683.